The van der Waals surface area contributed by atoms with Crippen molar-refractivity contribution in [1.29, 1.82) is 0 Å². The number of hydrogen-bond donors (Lipinski definition) is 1. The van der Waals surface area contributed by atoms with Gasteiger partial charge in [-0.2, -0.15) is 0 Å². The van der Waals surface area contributed by atoms with Crippen molar-refractivity contribution >= 4 is 43.9 Å². The van der Waals surface area contributed by atoms with Gasteiger partial charge in [-0.25, -0.2) is 4.98 Å². The predicted molar refractivity (Wildman–Crippen MR) is 81.7 cm³/mol. The van der Waals surface area contributed by atoms with Gasteiger partial charge in [0.2, 0.25) is 0 Å². The van der Waals surface area contributed by atoms with E-state index in [0.29, 0.717) is 4.88 Å². The van der Waals surface area contributed by atoms with Crippen molar-refractivity contribution in [2.45, 2.75) is 19.4 Å². The Morgan fingerprint density at radius 1 is 1.55 bits per heavy atom. The van der Waals surface area contributed by atoms with Crippen molar-refractivity contribution in [3.63, 3.8) is 0 Å². The third-order valence-electron chi connectivity index (χ3n) is 3.55. The van der Waals surface area contributed by atoms with Gasteiger partial charge >= 0.3 is 0 Å². The van der Waals surface area contributed by atoms with Crippen LogP contribution in [0, 0.1) is 0 Å². The number of carbonyl (C=O) groups excluding carboxylic acids is 1. The minimum atomic E-state index is -0.580. The second-order valence-electron chi connectivity index (χ2n) is 5.30. The van der Waals surface area contributed by atoms with Gasteiger partial charge < -0.3 is 10.0 Å². The number of aromatic nitrogens is 2. The number of aliphatic hydroxyl groups is 1. The summed E-state index contributed by atoms with van der Waals surface area (Å²) < 4.78 is 1.99. The lowest BCUT2D eigenvalue weighted by molar-refractivity contribution is 0.0478. The van der Waals surface area contributed by atoms with Crippen molar-refractivity contribution < 1.29 is 9.90 Å². The fourth-order valence-corrected chi connectivity index (χ4v) is 3.68. The molecule has 0 aromatic carbocycles. The molecule has 1 N–H and O–H groups in total. The summed E-state index contributed by atoms with van der Waals surface area (Å²) in [5, 5.41) is 11.3. The topological polar surface area (TPSA) is 57.8 Å². The first kappa shape index (κ1) is 13.5. The summed E-state index contributed by atoms with van der Waals surface area (Å²) in [5.74, 6) is -0.0870. The Morgan fingerprint density at radius 3 is 3.00 bits per heavy atom. The van der Waals surface area contributed by atoms with Crippen LogP contribution in [0.15, 0.2) is 17.6 Å². The van der Waals surface area contributed by atoms with Crippen molar-refractivity contribution in [2.24, 2.45) is 0 Å². The van der Waals surface area contributed by atoms with E-state index in [9.17, 15) is 9.90 Å². The number of likely N-dealkylation sites (N-methyl/N-ethyl adjacent to an activating group) is 1. The first-order valence-corrected chi connectivity index (χ1v) is 7.88. The Labute approximate surface area is 124 Å². The summed E-state index contributed by atoms with van der Waals surface area (Å²) in [6, 6.07) is 1.87. The van der Waals surface area contributed by atoms with Gasteiger partial charge in [-0.1, -0.05) is 0 Å². The van der Waals surface area contributed by atoms with Gasteiger partial charge in [0, 0.05) is 18.6 Å². The number of thiophene rings is 1. The number of imidazole rings is 1. The second-order valence-corrected chi connectivity index (χ2v) is 7.21. The molecule has 0 radical (unpaired) electrons. The van der Waals surface area contributed by atoms with E-state index < -0.39 is 5.54 Å². The summed E-state index contributed by atoms with van der Waals surface area (Å²) in [5.41, 5.74) is 0.383. The van der Waals surface area contributed by atoms with E-state index in [4.69, 9.17) is 0 Å². The SMILES string of the molecule is CN(C(=O)c1cc2c(nc3sccn32)s1)C(C)(C)CO. The molecule has 7 heteroatoms. The molecule has 0 atom stereocenters. The molecule has 0 saturated heterocycles. The van der Waals surface area contributed by atoms with E-state index in [1.165, 1.54) is 11.3 Å². The molecule has 3 aromatic rings. The lowest BCUT2D eigenvalue weighted by Gasteiger charge is -2.33. The number of rotatable bonds is 3. The van der Waals surface area contributed by atoms with Gasteiger partial charge in [0.1, 0.15) is 4.83 Å². The van der Waals surface area contributed by atoms with E-state index >= 15 is 0 Å². The summed E-state index contributed by atoms with van der Waals surface area (Å²) in [6.07, 6.45) is 1.96. The molecule has 0 fully saturated rings. The van der Waals surface area contributed by atoms with Gasteiger partial charge in [0.25, 0.3) is 5.91 Å². The number of fused-ring (bicyclic) bond motifs is 3. The fourth-order valence-electron chi connectivity index (χ4n) is 1.90. The summed E-state index contributed by atoms with van der Waals surface area (Å²) in [7, 11) is 1.71. The first-order valence-electron chi connectivity index (χ1n) is 6.18. The molecule has 0 spiro atoms. The highest BCUT2D eigenvalue weighted by atomic mass is 32.1. The van der Waals surface area contributed by atoms with E-state index in [2.05, 4.69) is 4.98 Å². The first-order chi connectivity index (χ1) is 9.44. The number of nitrogens with zero attached hydrogens (tertiary/aromatic N) is 3. The van der Waals surface area contributed by atoms with Crippen LogP contribution >= 0.6 is 22.7 Å². The molecule has 20 heavy (non-hydrogen) atoms. The Hall–Kier alpha value is -1.44. The lowest BCUT2D eigenvalue weighted by Crippen LogP contribution is -2.47. The van der Waals surface area contributed by atoms with Crippen LogP contribution in [0.25, 0.3) is 15.3 Å². The largest absolute Gasteiger partial charge is 0.394 e. The molecule has 3 rings (SSSR count). The van der Waals surface area contributed by atoms with Crippen LogP contribution in [-0.4, -0.2) is 44.5 Å². The maximum Gasteiger partial charge on any atom is 0.264 e. The van der Waals surface area contributed by atoms with Crippen LogP contribution in [0.3, 0.4) is 0 Å². The highest BCUT2D eigenvalue weighted by Crippen LogP contribution is 2.29. The van der Waals surface area contributed by atoms with Gasteiger partial charge in [0.05, 0.1) is 22.5 Å². The van der Waals surface area contributed by atoms with Crippen LogP contribution < -0.4 is 0 Å². The molecule has 3 heterocycles. The lowest BCUT2D eigenvalue weighted by atomic mass is 10.1. The molecular weight excluding hydrogens is 294 g/mol. The summed E-state index contributed by atoms with van der Waals surface area (Å²) >= 11 is 2.97. The van der Waals surface area contributed by atoms with Crippen molar-refractivity contribution in [3.05, 3.63) is 22.5 Å². The quantitative estimate of drug-likeness (QED) is 0.808. The average molecular weight is 309 g/mol. The Bertz CT molecular complexity index is 784. The molecule has 106 valence electrons. The normalized spacial score (nSPS) is 12.4. The monoisotopic (exact) mass is 309 g/mol. The predicted octanol–water partition coefficient (Wildman–Crippen LogP) is 2.45. The Morgan fingerprint density at radius 2 is 2.30 bits per heavy atom. The fraction of sp³-hybridized carbons (Fsp3) is 0.385. The molecule has 0 aliphatic heterocycles. The van der Waals surface area contributed by atoms with E-state index in [1.807, 2.05) is 35.9 Å². The minimum Gasteiger partial charge on any atom is -0.394 e. The molecule has 3 aromatic heterocycles. The summed E-state index contributed by atoms with van der Waals surface area (Å²) in [6.45, 7) is 3.60. The number of aliphatic hydroxyl groups excluding tert-OH is 1. The smallest absolute Gasteiger partial charge is 0.264 e. The third kappa shape index (κ3) is 1.93. The van der Waals surface area contributed by atoms with Gasteiger partial charge in [-0.3, -0.25) is 9.20 Å². The average Bonchev–Trinajstić information content (AvgIpc) is 3.07. The highest BCUT2D eigenvalue weighted by molar-refractivity contribution is 7.21. The molecule has 0 saturated carbocycles. The van der Waals surface area contributed by atoms with E-state index in [1.54, 1.807) is 23.3 Å². The minimum absolute atomic E-state index is 0.0753. The zero-order valence-electron chi connectivity index (χ0n) is 11.5. The molecule has 0 unspecified atom stereocenters. The van der Waals surface area contributed by atoms with Crippen molar-refractivity contribution in [1.82, 2.24) is 14.3 Å². The van der Waals surface area contributed by atoms with Crippen LogP contribution in [0.4, 0.5) is 0 Å². The molecule has 5 nitrogen and oxygen atoms in total. The molecule has 1 amide bonds. The van der Waals surface area contributed by atoms with Crippen molar-refractivity contribution in [3.8, 4) is 0 Å². The number of thiazole rings is 1. The van der Waals surface area contributed by atoms with E-state index in [-0.39, 0.29) is 12.5 Å². The zero-order chi connectivity index (χ0) is 14.5. The maximum absolute atomic E-state index is 12.5. The Balaban J connectivity index is 2.01. The van der Waals surface area contributed by atoms with Crippen LogP contribution in [0.5, 0.6) is 0 Å². The van der Waals surface area contributed by atoms with Gasteiger partial charge in [0.15, 0.2) is 4.96 Å². The Kier molecular flexibility index (Phi) is 3.07. The number of amides is 1. The molecule has 0 bridgehead atoms. The zero-order valence-corrected chi connectivity index (χ0v) is 13.1. The summed E-state index contributed by atoms with van der Waals surface area (Å²) in [4.78, 5) is 21.0. The number of carbonyl (C=O) groups is 1. The van der Waals surface area contributed by atoms with Crippen LogP contribution in [0.1, 0.15) is 23.5 Å². The third-order valence-corrected chi connectivity index (χ3v) is 5.31. The van der Waals surface area contributed by atoms with Gasteiger partial charge in [-0.05, 0) is 19.9 Å². The standard InChI is InChI=1S/C13H15N3O2S2/c1-13(2,7-17)15(3)11(18)9-6-8-10(20-9)14-12-16(8)4-5-19-12/h4-6,17H,7H2,1-3H3. The molecule has 0 aliphatic carbocycles. The van der Waals surface area contributed by atoms with Crippen LogP contribution in [-0.2, 0) is 0 Å². The number of hydrogen-bond acceptors (Lipinski definition) is 5. The highest BCUT2D eigenvalue weighted by Gasteiger charge is 2.29. The van der Waals surface area contributed by atoms with Crippen molar-refractivity contribution in [2.75, 3.05) is 13.7 Å². The molecule has 0 aliphatic rings. The maximum atomic E-state index is 12.5. The van der Waals surface area contributed by atoms with Gasteiger partial charge in [-0.15, -0.1) is 22.7 Å². The second kappa shape index (κ2) is 4.54. The van der Waals surface area contributed by atoms with Crippen LogP contribution in [0.2, 0.25) is 0 Å². The molecular formula is C13H15N3O2S2. The van der Waals surface area contributed by atoms with E-state index in [0.717, 1.165) is 15.3 Å².